The van der Waals surface area contributed by atoms with Crippen molar-refractivity contribution in [2.75, 3.05) is 0 Å². The van der Waals surface area contributed by atoms with E-state index in [0.717, 1.165) is 19.3 Å². The molecule has 0 aliphatic heterocycles. The van der Waals surface area contributed by atoms with Gasteiger partial charge in [0.2, 0.25) is 0 Å². The normalized spacial score (nSPS) is 35.7. The number of rotatable bonds is 0. The zero-order chi connectivity index (χ0) is 10.4. The van der Waals surface area contributed by atoms with Gasteiger partial charge in [-0.3, -0.25) is 0 Å². The maximum absolute atomic E-state index is 10.00. The Balaban J connectivity index is 2.36. The molecule has 0 amide bonds. The van der Waals surface area contributed by atoms with Crippen molar-refractivity contribution in [1.29, 1.82) is 0 Å². The molecule has 1 N–H and O–H groups in total. The third-order valence-corrected chi connectivity index (χ3v) is 3.55. The highest BCUT2D eigenvalue weighted by Crippen LogP contribution is 2.46. The molecule has 0 saturated carbocycles. The average Bonchev–Trinajstić information content (AvgIpc) is 2.00. The maximum Gasteiger partial charge on any atom is 0.0694 e. The summed E-state index contributed by atoms with van der Waals surface area (Å²) in [6, 6.07) is 0. The molecule has 0 saturated heterocycles. The quantitative estimate of drug-likeness (QED) is 0.625. The van der Waals surface area contributed by atoms with Crippen LogP contribution in [-0.2, 0) is 0 Å². The molecular formula is C13H20O. The van der Waals surface area contributed by atoms with E-state index in [0.29, 0.717) is 5.41 Å². The molecule has 1 atom stereocenters. The second-order valence-corrected chi connectivity index (χ2v) is 5.65. The molecule has 2 aliphatic rings. The van der Waals surface area contributed by atoms with E-state index in [-0.39, 0.29) is 0 Å². The minimum absolute atomic E-state index is 0.320. The van der Waals surface area contributed by atoms with Crippen LogP contribution in [0.4, 0.5) is 0 Å². The molecule has 1 nitrogen and oxygen atoms in total. The summed E-state index contributed by atoms with van der Waals surface area (Å²) in [4.78, 5) is 0. The van der Waals surface area contributed by atoms with Crippen molar-refractivity contribution >= 4 is 0 Å². The van der Waals surface area contributed by atoms with Crippen LogP contribution >= 0.6 is 0 Å². The Hall–Kier alpha value is -0.560. The molecule has 0 aromatic heterocycles. The Morgan fingerprint density at radius 1 is 1.21 bits per heavy atom. The van der Waals surface area contributed by atoms with Crippen molar-refractivity contribution in [2.24, 2.45) is 5.41 Å². The van der Waals surface area contributed by atoms with E-state index < -0.39 is 5.60 Å². The molecule has 2 aliphatic carbocycles. The van der Waals surface area contributed by atoms with Gasteiger partial charge in [0.1, 0.15) is 0 Å². The van der Waals surface area contributed by atoms with Gasteiger partial charge in [0.05, 0.1) is 5.60 Å². The van der Waals surface area contributed by atoms with Gasteiger partial charge in [0.25, 0.3) is 0 Å². The van der Waals surface area contributed by atoms with Crippen LogP contribution in [0, 0.1) is 5.41 Å². The van der Waals surface area contributed by atoms with Crippen LogP contribution in [0.15, 0.2) is 23.3 Å². The maximum atomic E-state index is 10.00. The van der Waals surface area contributed by atoms with E-state index in [1.54, 1.807) is 0 Å². The summed E-state index contributed by atoms with van der Waals surface area (Å²) >= 11 is 0. The fraction of sp³-hybridized carbons (Fsp3) is 0.692. The van der Waals surface area contributed by atoms with Gasteiger partial charge in [-0.25, -0.2) is 0 Å². The topological polar surface area (TPSA) is 20.2 Å². The first-order valence-corrected chi connectivity index (χ1v) is 5.53. The first kappa shape index (κ1) is 9.97. The predicted octanol–water partition coefficient (Wildman–Crippen LogP) is 3.20. The lowest BCUT2D eigenvalue weighted by molar-refractivity contribution is 0.0584. The van der Waals surface area contributed by atoms with E-state index in [1.165, 1.54) is 17.6 Å². The Labute approximate surface area is 86.5 Å². The molecule has 1 unspecified atom stereocenters. The zero-order valence-corrected chi connectivity index (χ0v) is 9.43. The number of aliphatic hydroxyl groups is 1. The molecule has 14 heavy (non-hydrogen) atoms. The molecule has 0 fully saturated rings. The van der Waals surface area contributed by atoms with E-state index in [4.69, 9.17) is 0 Å². The highest BCUT2D eigenvalue weighted by molar-refractivity contribution is 5.41. The minimum Gasteiger partial charge on any atom is -0.390 e. The van der Waals surface area contributed by atoms with Gasteiger partial charge in [0.15, 0.2) is 0 Å². The van der Waals surface area contributed by atoms with Crippen molar-refractivity contribution in [3.8, 4) is 0 Å². The average molecular weight is 192 g/mol. The van der Waals surface area contributed by atoms with E-state index in [2.05, 4.69) is 26.0 Å². The van der Waals surface area contributed by atoms with E-state index in [1.807, 2.05) is 6.92 Å². The second kappa shape index (κ2) is 2.96. The minimum atomic E-state index is -0.511. The first-order chi connectivity index (χ1) is 6.41. The van der Waals surface area contributed by atoms with E-state index >= 15 is 0 Å². The van der Waals surface area contributed by atoms with Gasteiger partial charge in [0, 0.05) is 6.42 Å². The first-order valence-electron chi connectivity index (χ1n) is 5.53. The number of allylic oxidation sites excluding steroid dienone is 2. The van der Waals surface area contributed by atoms with Crippen molar-refractivity contribution in [3.05, 3.63) is 23.3 Å². The van der Waals surface area contributed by atoms with Gasteiger partial charge in [-0.05, 0) is 42.7 Å². The standard InChI is InChI=1S/C13H20O/c1-12(2)7-4-5-10-9-13(3,14)8-6-11(10)12/h5-6,14H,4,7-9H2,1-3H3. The molecule has 0 aromatic rings. The van der Waals surface area contributed by atoms with Crippen LogP contribution in [0.2, 0.25) is 0 Å². The lowest BCUT2D eigenvalue weighted by atomic mass is 9.67. The lowest BCUT2D eigenvalue weighted by Crippen LogP contribution is -2.32. The molecule has 0 heterocycles. The summed E-state index contributed by atoms with van der Waals surface area (Å²) in [5, 5.41) is 10.00. The second-order valence-electron chi connectivity index (χ2n) is 5.65. The van der Waals surface area contributed by atoms with Crippen molar-refractivity contribution in [1.82, 2.24) is 0 Å². The summed E-state index contributed by atoms with van der Waals surface area (Å²) in [5.74, 6) is 0. The highest BCUT2D eigenvalue weighted by Gasteiger charge is 2.35. The van der Waals surface area contributed by atoms with Crippen molar-refractivity contribution in [3.63, 3.8) is 0 Å². The van der Waals surface area contributed by atoms with E-state index in [9.17, 15) is 5.11 Å². The Bertz CT molecular complexity index is 305. The third-order valence-electron chi connectivity index (χ3n) is 3.55. The van der Waals surface area contributed by atoms with Gasteiger partial charge in [-0.1, -0.05) is 26.0 Å². The zero-order valence-electron chi connectivity index (χ0n) is 9.43. The Morgan fingerprint density at radius 2 is 1.93 bits per heavy atom. The number of hydrogen-bond donors (Lipinski definition) is 1. The molecular weight excluding hydrogens is 172 g/mol. The lowest BCUT2D eigenvalue weighted by Gasteiger charge is -2.40. The summed E-state index contributed by atoms with van der Waals surface area (Å²) in [6.45, 7) is 6.56. The Morgan fingerprint density at radius 3 is 2.64 bits per heavy atom. The molecule has 0 spiro atoms. The van der Waals surface area contributed by atoms with Crippen molar-refractivity contribution < 1.29 is 5.11 Å². The highest BCUT2D eigenvalue weighted by atomic mass is 16.3. The van der Waals surface area contributed by atoms with Gasteiger partial charge in [-0.2, -0.15) is 0 Å². The van der Waals surface area contributed by atoms with Gasteiger partial charge >= 0.3 is 0 Å². The molecule has 2 rings (SSSR count). The number of fused-ring (bicyclic) bond motifs is 1. The third kappa shape index (κ3) is 1.66. The summed E-state index contributed by atoms with van der Waals surface area (Å²) < 4.78 is 0. The molecule has 0 aromatic carbocycles. The summed E-state index contributed by atoms with van der Waals surface area (Å²) in [5.41, 5.74) is 2.68. The summed E-state index contributed by atoms with van der Waals surface area (Å²) in [6.07, 6.45) is 8.60. The van der Waals surface area contributed by atoms with Crippen LogP contribution in [0.5, 0.6) is 0 Å². The molecule has 0 bridgehead atoms. The van der Waals surface area contributed by atoms with Gasteiger partial charge < -0.3 is 5.11 Å². The number of hydrogen-bond acceptors (Lipinski definition) is 1. The predicted molar refractivity (Wildman–Crippen MR) is 59.0 cm³/mol. The Kier molecular flexibility index (Phi) is 2.11. The van der Waals surface area contributed by atoms with Crippen molar-refractivity contribution in [2.45, 2.75) is 52.1 Å². The fourth-order valence-corrected chi connectivity index (χ4v) is 2.67. The van der Waals surface area contributed by atoms with Crippen LogP contribution in [0.3, 0.4) is 0 Å². The molecule has 0 radical (unpaired) electrons. The van der Waals surface area contributed by atoms with Crippen LogP contribution < -0.4 is 0 Å². The smallest absolute Gasteiger partial charge is 0.0694 e. The SMILES string of the molecule is CC1(O)CC=C2C(=CCCC2(C)C)C1. The van der Waals surface area contributed by atoms with Crippen LogP contribution in [-0.4, -0.2) is 10.7 Å². The van der Waals surface area contributed by atoms with Crippen LogP contribution in [0.1, 0.15) is 46.5 Å². The molecule has 1 heteroatoms. The van der Waals surface area contributed by atoms with Gasteiger partial charge in [-0.15, -0.1) is 0 Å². The summed E-state index contributed by atoms with van der Waals surface area (Å²) in [7, 11) is 0. The van der Waals surface area contributed by atoms with Crippen LogP contribution in [0.25, 0.3) is 0 Å². The fourth-order valence-electron chi connectivity index (χ4n) is 2.67. The largest absolute Gasteiger partial charge is 0.390 e. The molecule has 78 valence electrons. The monoisotopic (exact) mass is 192 g/mol.